The molecule has 0 aliphatic carbocycles. The first-order valence-electron chi connectivity index (χ1n) is 13.4. The maximum absolute atomic E-state index is 14.9. The van der Waals surface area contributed by atoms with Gasteiger partial charge in [0.25, 0.3) is 0 Å². The Morgan fingerprint density at radius 1 is 0.838 bits per heavy atom. The van der Waals surface area contributed by atoms with E-state index in [-0.39, 0.29) is 18.4 Å². The van der Waals surface area contributed by atoms with Gasteiger partial charge >= 0.3 is 5.97 Å². The number of aliphatic hydroxyl groups excluding tert-OH is 1. The second kappa shape index (κ2) is 14.5. The van der Waals surface area contributed by atoms with E-state index in [9.17, 15) is 14.3 Å². The first-order valence-corrected chi connectivity index (χ1v) is 13.4. The van der Waals surface area contributed by atoms with E-state index in [1.165, 1.54) is 11.1 Å². The Bertz CT molecular complexity index is 1180. The number of hydrogen-bond donors (Lipinski definition) is 1. The molecule has 0 saturated carbocycles. The number of benzene rings is 3. The minimum atomic E-state index is -0.364. The standard InChI is InChI=1S/C33H39FO3/c1-4-5-6-9-25-12-19-31(32(34)22-25)28-16-13-27(14-17-28)30-18-15-26(10-7-20-35)29(23-30)11-8-21-37-33(36)24(2)3/h12-19,22-23,35H,2,4-11,20-21H2,1,3H3. The molecule has 196 valence electrons. The van der Waals surface area contributed by atoms with Crippen molar-refractivity contribution < 1.29 is 19.0 Å². The van der Waals surface area contributed by atoms with Gasteiger partial charge in [-0.3, -0.25) is 0 Å². The second-order valence-electron chi connectivity index (χ2n) is 9.68. The van der Waals surface area contributed by atoms with Gasteiger partial charge < -0.3 is 9.84 Å². The Hall–Kier alpha value is -3.24. The average Bonchev–Trinajstić information content (AvgIpc) is 2.90. The summed E-state index contributed by atoms with van der Waals surface area (Å²) < 4.78 is 20.1. The van der Waals surface area contributed by atoms with Crippen LogP contribution < -0.4 is 0 Å². The number of ether oxygens (including phenoxy) is 1. The van der Waals surface area contributed by atoms with E-state index in [1.54, 1.807) is 13.0 Å². The monoisotopic (exact) mass is 502 g/mol. The third-order valence-corrected chi connectivity index (χ3v) is 6.61. The van der Waals surface area contributed by atoms with E-state index in [1.807, 2.05) is 36.4 Å². The molecule has 3 nitrogen and oxygen atoms in total. The lowest BCUT2D eigenvalue weighted by molar-refractivity contribution is -0.139. The summed E-state index contributed by atoms with van der Waals surface area (Å²) in [5.74, 6) is -0.540. The van der Waals surface area contributed by atoms with Gasteiger partial charge in [0.2, 0.25) is 0 Å². The molecular formula is C33H39FO3. The van der Waals surface area contributed by atoms with Crippen molar-refractivity contribution in [1.82, 2.24) is 0 Å². The van der Waals surface area contributed by atoms with Gasteiger partial charge in [0.15, 0.2) is 0 Å². The summed E-state index contributed by atoms with van der Waals surface area (Å²) >= 11 is 0. The molecule has 3 aromatic carbocycles. The van der Waals surface area contributed by atoms with E-state index < -0.39 is 0 Å². The minimum Gasteiger partial charge on any atom is -0.462 e. The SMILES string of the molecule is C=C(C)C(=O)OCCCc1cc(-c2ccc(-c3ccc(CCCCC)cc3F)cc2)ccc1CCCO. The zero-order valence-electron chi connectivity index (χ0n) is 22.2. The van der Waals surface area contributed by atoms with Gasteiger partial charge in [0, 0.05) is 17.7 Å². The zero-order chi connectivity index (χ0) is 26.6. The quantitative estimate of drug-likeness (QED) is 0.139. The van der Waals surface area contributed by atoms with E-state index in [0.717, 1.165) is 60.8 Å². The van der Waals surface area contributed by atoms with Gasteiger partial charge in [0.1, 0.15) is 5.82 Å². The molecule has 0 unspecified atom stereocenters. The maximum Gasteiger partial charge on any atom is 0.333 e. The van der Waals surface area contributed by atoms with E-state index in [2.05, 4.69) is 31.7 Å². The molecule has 1 N–H and O–H groups in total. The van der Waals surface area contributed by atoms with Crippen molar-refractivity contribution in [3.63, 3.8) is 0 Å². The number of carbonyl (C=O) groups excluding carboxylic acids is 1. The maximum atomic E-state index is 14.9. The normalized spacial score (nSPS) is 10.9. The van der Waals surface area contributed by atoms with E-state index in [4.69, 9.17) is 4.74 Å². The first kappa shape index (κ1) is 28.3. The Balaban J connectivity index is 1.74. The van der Waals surface area contributed by atoms with Crippen LogP contribution in [0, 0.1) is 5.82 Å². The minimum absolute atomic E-state index is 0.148. The molecule has 37 heavy (non-hydrogen) atoms. The Labute approximate surface area is 221 Å². The van der Waals surface area contributed by atoms with Gasteiger partial charge in [-0.1, -0.05) is 80.9 Å². The Morgan fingerprint density at radius 2 is 1.54 bits per heavy atom. The van der Waals surface area contributed by atoms with E-state index >= 15 is 0 Å². The van der Waals surface area contributed by atoms with Crippen LogP contribution in [0.15, 0.2) is 72.8 Å². The van der Waals surface area contributed by atoms with Crippen LogP contribution in [-0.2, 0) is 28.8 Å². The molecule has 0 fully saturated rings. The number of aliphatic hydroxyl groups is 1. The zero-order valence-corrected chi connectivity index (χ0v) is 22.2. The highest BCUT2D eigenvalue weighted by atomic mass is 19.1. The van der Waals surface area contributed by atoms with Crippen LogP contribution in [0.5, 0.6) is 0 Å². The van der Waals surface area contributed by atoms with Crippen molar-refractivity contribution >= 4 is 5.97 Å². The summed E-state index contributed by atoms with van der Waals surface area (Å²) in [6, 6.07) is 20.0. The summed E-state index contributed by atoms with van der Waals surface area (Å²) in [6.07, 6.45) is 7.30. The topological polar surface area (TPSA) is 46.5 Å². The number of esters is 1. The fraction of sp³-hybridized carbons (Fsp3) is 0.364. The van der Waals surface area contributed by atoms with Crippen molar-refractivity contribution in [3.8, 4) is 22.3 Å². The van der Waals surface area contributed by atoms with Crippen LogP contribution >= 0.6 is 0 Å². The predicted molar refractivity (Wildman–Crippen MR) is 150 cm³/mol. The van der Waals surface area contributed by atoms with Crippen LogP contribution in [0.3, 0.4) is 0 Å². The molecule has 0 atom stereocenters. The third kappa shape index (κ3) is 8.40. The summed E-state index contributed by atoms with van der Waals surface area (Å²) in [7, 11) is 0. The number of rotatable bonds is 14. The summed E-state index contributed by atoms with van der Waals surface area (Å²) in [5, 5.41) is 9.29. The first-order chi connectivity index (χ1) is 17.9. The van der Waals surface area contributed by atoms with Gasteiger partial charge in [-0.15, -0.1) is 0 Å². The van der Waals surface area contributed by atoms with Crippen LogP contribution in [-0.4, -0.2) is 24.3 Å². The van der Waals surface area contributed by atoms with Gasteiger partial charge in [-0.2, -0.15) is 0 Å². The number of unbranched alkanes of at least 4 members (excludes halogenated alkanes) is 2. The molecule has 0 aliphatic heterocycles. The largest absolute Gasteiger partial charge is 0.462 e. The molecule has 0 bridgehead atoms. The van der Waals surface area contributed by atoms with E-state index in [0.29, 0.717) is 30.6 Å². The highest BCUT2D eigenvalue weighted by Crippen LogP contribution is 2.29. The summed E-state index contributed by atoms with van der Waals surface area (Å²) in [6.45, 7) is 7.91. The van der Waals surface area contributed by atoms with Crippen molar-refractivity contribution in [2.45, 2.75) is 65.2 Å². The number of aryl methyl sites for hydroxylation is 3. The van der Waals surface area contributed by atoms with Crippen molar-refractivity contribution in [1.29, 1.82) is 0 Å². The highest BCUT2D eigenvalue weighted by molar-refractivity contribution is 5.86. The molecule has 4 heteroatoms. The van der Waals surface area contributed by atoms with Gasteiger partial charge in [-0.05, 0) is 84.9 Å². The van der Waals surface area contributed by atoms with Gasteiger partial charge in [0.05, 0.1) is 6.61 Å². The van der Waals surface area contributed by atoms with Crippen molar-refractivity contribution in [2.75, 3.05) is 13.2 Å². The molecule has 0 heterocycles. The molecule has 3 rings (SSSR count). The van der Waals surface area contributed by atoms with Gasteiger partial charge in [-0.25, -0.2) is 9.18 Å². The molecule has 0 saturated heterocycles. The number of halogens is 1. The van der Waals surface area contributed by atoms with Crippen LogP contribution in [0.1, 0.15) is 62.6 Å². The highest BCUT2D eigenvalue weighted by Gasteiger charge is 2.10. The third-order valence-electron chi connectivity index (χ3n) is 6.61. The Morgan fingerprint density at radius 3 is 2.22 bits per heavy atom. The number of carbonyl (C=O) groups is 1. The molecule has 3 aromatic rings. The molecule has 0 amide bonds. The predicted octanol–water partition coefficient (Wildman–Crippen LogP) is 7.87. The molecule has 0 aromatic heterocycles. The fourth-order valence-corrected chi connectivity index (χ4v) is 4.47. The van der Waals surface area contributed by atoms with Crippen LogP contribution in [0.4, 0.5) is 4.39 Å². The second-order valence-corrected chi connectivity index (χ2v) is 9.68. The molecular weight excluding hydrogens is 463 g/mol. The molecule has 0 spiro atoms. The lowest BCUT2D eigenvalue weighted by atomic mass is 9.93. The molecule has 0 radical (unpaired) electrons. The van der Waals surface area contributed by atoms with Crippen LogP contribution in [0.25, 0.3) is 22.3 Å². The van der Waals surface area contributed by atoms with Crippen molar-refractivity contribution in [3.05, 3.63) is 95.3 Å². The summed E-state index contributed by atoms with van der Waals surface area (Å²) in [5.41, 5.74) is 7.46. The van der Waals surface area contributed by atoms with Crippen molar-refractivity contribution in [2.24, 2.45) is 0 Å². The fourth-order valence-electron chi connectivity index (χ4n) is 4.47. The average molecular weight is 503 g/mol. The Kier molecular flexibility index (Phi) is 11.1. The number of hydrogen-bond acceptors (Lipinski definition) is 3. The molecule has 0 aliphatic rings. The van der Waals surface area contributed by atoms with Crippen LogP contribution in [0.2, 0.25) is 0 Å². The lowest BCUT2D eigenvalue weighted by Crippen LogP contribution is -2.07. The summed E-state index contributed by atoms with van der Waals surface area (Å²) in [4.78, 5) is 11.6. The smallest absolute Gasteiger partial charge is 0.333 e. The lowest BCUT2D eigenvalue weighted by Gasteiger charge is -2.13.